The van der Waals surface area contributed by atoms with Crippen LogP contribution in [0.15, 0.2) is 35.7 Å². The van der Waals surface area contributed by atoms with Crippen LogP contribution in [-0.2, 0) is 4.74 Å². The molecule has 3 rings (SSSR count). The average Bonchev–Trinajstić information content (AvgIpc) is 3.27. The van der Waals surface area contributed by atoms with E-state index in [2.05, 4.69) is 15.6 Å². The van der Waals surface area contributed by atoms with Gasteiger partial charge in [-0.05, 0) is 37.7 Å². The Hall–Kier alpha value is -2.53. The molecular weight excluding hydrogens is 400 g/mol. The molecule has 3 N–H and O–H groups in total. The summed E-state index contributed by atoms with van der Waals surface area (Å²) in [5.74, 6) is -0.602. The van der Waals surface area contributed by atoms with Crippen molar-refractivity contribution in [1.29, 1.82) is 0 Å². The molecule has 0 aliphatic rings. The van der Waals surface area contributed by atoms with E-state index < -0.39 is 18.2 Å². The molecule has 0 radical (unpaired) electrons. The van der Waals surface area contributed by atoms with Gasteiger partial charge >= 0.3 is 6.09 Å². The Balaban J connectivity index is 1.62. The number of hydrogen-bond acceptors (Lipinski definition) is 9. The number of nitrogens with zero attached hydrogens (tertiary/aromatic N) is 2. The number of nitrogens with one attached hydrogen (secondary N) is 2. The maximum atomic E-state index is 12.3. The van der Waals surface area contributed by atoms with Crippen LogP contribution >= 0.6 is 22.7 Å². The molecule has 1 aromatic carbocycles. The third kappa shape index (κ3) is 5.04. The zero-order valence-corrected chi connectivity index (χ0v) is 17.0. The van der Waals surface area contributed by atoms with E-state index in [9.17, 15) is 14.7 Å². The number of aliphatic hydroxyl groups is 1. The number of rotatable bonds is 7. The van der Waals surface area contributed by atoms with E-state index in [1.165, 1.54) is 22.7 Å². The smallest absolute Gasteiger partial charge is 0.414 e. The molecule has 0 saturated heterocycles. The first-order valence-electron chi connectivity index (χ1n) is 8.44. The largest absolute Gasteiger partial charge is 0.448 e. The number of aliphatic hydroxyl groups excluding tert-OH is 1. The molecule has 1 unspecified atom stereocenters. The van der Waals surface area contributed by atoms with Crippen molar-refractivity contribution >= 4 is 49.9 Å². The van der Waals surface area contributed by atoms with E-state index in [1.807, 2.05) is 43.3 Å². The lowest BCUT2D eigenvalue weighted by atomic mass is 10.3. The number of benzene rings is 1. The number of thiazole rings is 1. The molecule has 2 aromatic heterocycles. The maximum Gasteiger partial charge on any atom is 0.414 e. The molecule has 3 aromatic rings. The Morgan fingerprint density at radius 3 is 2.82 bits per heavy atom. The molecule has 28 heavy (non-hydrogen) atoms. The van der Waals surface area contributed by atoms with Crippen molar-refractivity contribution in [1.82, 2.24) is 15.2 Å². The first kappa shape index (κ1) is 20.2. The monoisotopic (exact) mass is 420 g/mol. The van der Waals surface area contributed by atoms with Gasteiger partial charge in [0.25, 0.3) is 5.91 Å². The first-order valence-corrected chi connectivity index (χ1v) is 10.1. The Bertz CT molecular complexity index is 936. The molecular formula is C18H20N4O4S2. The molecule has 0 spiro atoms. The second-order valence-electron chi connectivity index (χ2n) is 6.12. The minimum Gasteiger partial charge on any atom is -0.448 e. The van der Waals surface area contributed by atoms with Crippen LogP contribution in [0.5, 0.6) is 0 Å². The number of imide groups is 1. The maximum absolute atomic E-state index is 12.3. The van der Waals surface area contributed by atoms with E-state index in [1.54, 1.807) is 11.4 Å². The normalized spacial score (nSPS) is 12.1. The van der Waals surface area contributed by atoms with Gasteiger partial charge in [0.1, 0.15) is 16.6 Å². The highest BCUT2D eigenvalue weighted by Gasteiger charge is 2.20. The summed E-state index contributed by atoms with van der Waals surface area (Å²) in [5.41, 5.74) is 1.04. The number of carbonyl (C=O) groups excluding carboxylic acids is 2. The minimum absolute atomic E-state index is 0.178. The zero-order chi connectivity index (χ0) is 20.1. The Labute approximate surface area is 169 Å². The van der Waals surface area contributed by atoms with Crippen LogP contribution in [0.25, 0.3) is 10.2 Å². The number of hydrogen-bond donors (Lipinski definition) is 3. The highest BCUT2D eigenvalue weighted by Crippen LogP contribution is 2.30. The van der Waals surface area contributed by atoms with Crippen molar-refractivity contribution in [2.24, 2.45) is 0 Å². The Kier molecular flexibility index (Phi) is 6.57. The molecule has 1 atom stereocenters. The Morgan fingerprint density at radius 2 is 2.07 bits per heavy atom. The van der Waals surface area contributed by atoms with Crippen molar-refractivity contribution in [3.05, 3.63) is 46.3 Å². The topological polar surface area (TPSA) is 104 Å². The predicted molar refractivity (Wildman–Crippen MR) is 110 cm³/mol. The van der Waals surface area contributed by atoms with Crippen molar-refractivity contribution < 1.29 is 19.4 Å². The molecule has 0 bridgehead atoms. The molecule has 2 heterocycles. The predicted octanol–water partition coefficient (Wildman–Crippen LogP) is 2.89. The van der Waals surface area contributed by atoms with Gasteiger partial charge in [0.2, 0.25) is 0 Å². The van der Waals surface area contributed by atoms with Gasteiger partial charge in [0.15, 0.2) is 6.23 Å². The summed E-state index contributed by atoms with van der Waals surface area (Å²) in [6.45, 7) is 0.735. The van der Waals surface area contributed by atoms with Crippen molar-refractivity contribution in [2.45, 2.75) is 6.23 Å². The van der Waals surface area contributed by atoms with Gasteiger partial charge in [-0.1, -0.05) is 12.1 Å². The minimum atomic E-state index is -1.07. The second-order valence-corrected chi connectivity index (χ2v) is 8.10. The van der Waals surface area contributed by atoms with Gasteiger partial charge in [-0.25, -0.2) is 9.78 Å². The molecule has 0 aliphatic carbocycles. The SMILES string of the molecule is CN(C)CCOC(=O)NC(=O)c1ccsc1NC(O)c1nc2ccccc2s1. The second kappa shape index (κ2) is 9.11. The standard InChI is InChI=1S/C18H20N4O4S2/c1-22(2)8-9-26-18(25)21-14(23)11-7-10-27-16(11)20-15(24)17-19-12-5-3-4-6-13(12)28-17/h3-7,10,15,20,24H,8-9H2,1-2H3,(H,21,23,25). The molecule has 0 saturated carbocycles. The third-order valence-electron chi connectivity index (χ3n) is 3.71. The van der Waals surface area contributed by atoms with Crippen molar-refractivity contribution in [2.75, 3.05) is 32.6 Å². The first-order chi connectivity index (χ1) is 13.4. The number of thiophene rings is 1. The van der Waals surface area contributed by atoms with Crippen LogP contribution in [0, 0.1) is 0 Å². The molecule has 8 nitrogen and oxygen atoms in total. The quantitative estimate of drug-likeness (QED) is 0.505. The number of ether oxygens (including phenoxy) is 1. The van der Waals surface area contributed by atoms with E-state index in [-0.39, 0.29) is 12.2 Å². The summed E-state index contributed by atoms with van der Waals surface area (Å²) < 4.78 is 5.92. The van der Waals surface area contributed by atoms with Gasteiger partial charge in [0.05, 0.1) is 15.8 Å². The van der Waals surface area contributed by atoms with Gasteiger partial charge < -0.3 is 20.1 Å². The summed E-state index contributed by atoms with van der Waals surface area (Å²) in [4.78, 5) is 30.3. The molecule has 0 fully saturated rings. The molecule has 0 aliphatic heterocycles. The zero-order valence-electron chi connectivity index (χ0n) is 15.3. The fraction of sp³-hybridized carbons (Fsp3) is 0.278. The van der Waals surface area contributed by atoms with Crippen molar-refractivity contribution in [3.8, 4) is 0 Å². The molecule has 2 amide bonds. The highest BCUT2D eigenvalue weighted by molar-refractivity contribution is 7.18. The van der Waals surface area contributed by atoms with E-state index in [0.29, 0.717) is 16.6 Å². The molecule has 10 heteroatoms. The number of anilines is 1. The number of alkyl carbamates (subject to hydrolysis) is 1. The fourth-order valence-electron chi connectivity index (χ4n) is 2.31. The van der Waals surface area contributed by atoms with Gasteiger partial charge in [-0.15, -0.1) is 22.7 Å². The number of fused-ring (bicyclic) bond motifs is 1. The lowest BCUT2D eigenvalue weighted by Crippen LogP contribution is -2.33. The lowest BCUT2D eigenvalue weighted by molar-refractivity contribution is 0.0914. The molecule has 148 valence electrons. The Morgan fingerprint density at radius 1 is 1.29 bits per heavy atom. The number of carbonyl (C=O) groups is 2. The average molecular weight is 421 g/mol. The summed E-state index contributed by atoms with van der Waals surface area (Å²) in [6.07, 6.45) is -1.88. The summed E-state index contributed by atoms with van der Waals surface area (Å²) in [7, 11) is 3.71. The number of para-hydroxylation sites is 1. The van der Waals surface area contributed by atoms with Gasteiger partial charge in [0, 0.05) is 6.54 Å². The van der Waals surface area contributed by atoms with E-state index in [4.69, 9.17) is 4.74 Å². The summed E-state index contributed by atoms with van der Waals surface area (Å²) >= 11 is 2.61. The summed E-state index contributed by atoms with van der Waals surface area (Å²) in [6, 6.07) is 9.15. The number of amides is 2. The van der Waals surface area contributed by atoms with Gasteiger partial charge in [-0.3, -0.25) is 10.1 Å². The number of likely N-dealkylation sites (N-methyl/N-ethyl adjacent to an activating group) is 1. The fourth-order valence-corrected chi connectivity index (χ4v) is 4.02. The number of aromatic nitrogens is 1. The van der Waals surface area contributed by atoms with E-state index >= 15 is 0 Å². The van der Waals surface area contributed by atoms with Crippen LogP contribution in [0.2, 0.25) is 0 Å². The van der Waals surface area contributed by atoms with Crippen LogP contribution in [0.4, 0.5) is 9.80 Å². The van der Waals surface area contributed by atoms with Crippen LogP contribution < -0.4 is 10.6 Å². The van der Waals surface area contributed by atoms with E-state index in [0.717, 1.165) is 10.2 Å². The third-order valence-corrected chi connectivity index (χ3v) is 5.64. The van der Waals surface area contributed by atoms with Crippen LogP contribution in [-0.4, -0.2) is 54.2 Å². The highest BCUT2D eigenvalue weighted by atomic mass is 32.1. The van der Waals surface area contributed by atoms with Crippen molar-refractivity contribution in [3.63, 3.8) is 0 Å². The van der Waals surface area contributed by atoms with Gasteiger partial charge in [-0.2, -0.15) is 0 Å². The lowest BCUT2D eigenvalue weighted by Gasteiger charge is -2.12. The van der Waals surface area contributed by atoms with Crippen LogP contribution in [0.3, 0.4) is 0 Å². The van der Waals surface area contributed by atoms with Crippen LogP contribution in [0.1, 0.15) is 21.6 Å². The summed E-state index contributed by atoms with van der Waals surface area (Å²) in [5, 5.41) is 18.2.